The second-order valence-corrected chi connectivity index (χ2v) is 7.81. The van der Waals surface area contributed by atoms with Gasteiger partial charge < -0.3 is 14.5 Å². The van der Waals surface area contributed by atoms with Gasteiger partial charge in [-0.2, -0.15) is 0 Å². The third kappa shape index (κ3) is 3.30. The fraction of sp³-hybridized carbons (Fsp3) is 0.600. The molecule has 2 aliphatic rings. The number of carbonyl (C=O) groups excluding carboxylic acids is 2. The lowest BCUT2D eigenvalue weighted by atomic mass is 9.86. The van der Waals surface area contributed by atoms with E-state index < -0.39 is 5.54 Å². The van der Waals surface area contributed by atoms with Crippen LogP contribution in [-0.2, 0) is 11.3 Å². The summed E-state index contributed by atoms with van der Waals surface area (Å²) in [5.74, 6) is 1.32. The van der Waals surface area contributed by atoms with Crippen LogP contribution >= 0.6 is 0 Å². The van der Waals surface area contributed by atoms with Crippen LogP contribution in [0.2, 0.25) is 0 Å². The van der Waals surface area contributed by atoms with Gasteiger partial charge in [-0.1, -0.05) is 26.0 Å². The van der Waals surface area contributed by atoms with Crippen LogP contribution in [0.5, 0.6) is 5.75 Å². The summed E-state index contributed by atoms with van der Waals surface area (Å²) in [6.45, 7) is 7.48. The molecule has 142 valence electrons. The molecule has 0 atom stereocenters. The minimum atomic E-state index is -0.670. The molecule has 0 aromatic heterocycles. The summed E-state index contributed by atoms with van der Waals surface area (Å²) in [7, 11) is 3.39. The molecule has 6 heteroatoms. The number of carbonyl (C=O) groups is 2. The van der Waals surface area contributed by atoms with E-state index in [-0.39, 0.29) is 11.9 Å². The molecule has 2 aliphatic heterocycles. The molecule has 1 aromatic carbocycles. The summed E-state index contributed by atoms with van der Waals surface area (Å²) < 4.78 is 5.17. The molecule has 2 saturated heterocycles. The van der Waals surface area contributed by atoms with E-state index in [4.69, 9.17) is 4.74 Å². The van der Waals surface area contributed by atoms with E-state index >= 15 is 0 Å². The highest BCUT2D eigenvalue weighted by atomic mass is 16.5. The van der Waals surface area contributed by atoms with Crippen molar-refractivity contribution in [1.29, 1.82) is 0 Å². The molecule has 0 bridgehead atoms. The summed E-state index contributed by atoms with van der Waals surface area (Å²) in [5, 5.41) is 0. The number of piperidine rings is 1. The number of rotatable bonds is 5. The number of likely N-dealkylation sites (tertiary alicyclic amines) is 1. The molecule has 0 saturated carbocycles. The van der Waals surface area contributed by atoms with Crippen LogP contribution in [0.15, 0.2) is 24.3 Å². The topological polar surface area (TPSA) is 53.1 Å². The lowest BCUT2D eigenvalue weighted by Gasteiger charge is -2.41. The molecule has 1 aromatic rings. The van der Waals surface area contributed by atoms with E-state index in [1.165, 1.54) is 4.90 Å². The van der Waals surface area contributed by atoms with Gasteiger partial charge in [0.05, 0.1) is 13.7 Å². The van der Waals surface area contributed by atoms with E-state index in [1.54, 1.807) is 19.1 Å². The fourth-order valence-electron chi connectivity index (χ4n) is 4.07. The largest absolute Gasteiger partial charge is 0.497 e. The Kier molecular flexibility index (Phi) is 5.23. The van der Waals surface area contributed by atoms with E-state index in [0.29, 0.717) is 25.3 Å². The zero-order valence-corrected chi connectivity index (χ0v) is 16.2. The first-order valence-corrected chi connectivity index (χ1v) is 9.32. The highest BCUT2D eigenvalue weighted by molar-refractivity contribution is 6.06. The quantitative estimate of drug-likeness (QED) is 0.759. The Morgan fingerprint density at radius 3 is 2.27 bits per heavy atom. The molecule has 0 radical (unpaired) electrons. The van der Waals surface area contributed by atoms with Crippen LogP contribution < -0.4 is 4.74 Å². The van der Waals surface area contributed by atoms with E-state index in [1.807, 2.05) is 24.3 Å². The molecule has 2 heterocycles. The number of imide groups is 1. The van der Waals surface area contributed by atoms with Crippen LogP contribution in [0.1, 0.15) is 32.3 Å². The minimum absolute atomic E-state index is 0.0509. The molecule has 0 aliphatic carbocycles. The highest BCUT2D eigenvalue weighted by Gasteiger charge is 2.56. The molecule has 0 N–H and O–H groups in total. The van der Waals surface area contributed by atoms with Gasteiger partial charge in [0.2, 0.25) is 0 Å². The number of likely N-dealkylation sites (N-methyl/N-ethyl adjacent to an activating group) is 1. The van der Waals surface area contributed by atoms with Gasteiger partial charge in [-0.05, 0) is 36.5 Å². The maximum atomic E-state index is 13.2. The lowest BCUT2D eigenvalue weighted by Crippen LogP contribution is -2.55. The summed E-state index contributed by atoms with van der Waals surface area (Å²) in [6, 6.07) is 7.31. The van der Waals surface area contributed by atoms with Crippen LogP contribution in [0, 0.1) is 5.92 Å². The average Bonchev–Trinajstić information content (AvgIpc) is 2.80. The second kappa shape index (κ2) is 7.27. The van der Waals surface area contributed by atoms with Crippen molar-refractivity contribution in [3.05, 3.63) is 29.8 Å². The Morgan fingerprint density at radius 2 is 1.73 bits per heavy atom. The van der Waals surface area contributed by atoms with Crippen molar-refractivity contribution in [2.24, 2.45) is 5.92 Å². The summed E-state index contributed by atoms with van der Waals surface area (Å²) in [5.41, 5.74) is 0.256. The van der Waals surface area contributed by atoms with E-state index in [9.17, 15) is 9.59 Å². The molecular weight excluding hydrogens is 330 g/mol. The summed E-state index contributed by atoms with van der Waals surface area (Å²) >= 11 is 0. The van der Waals surface area contributed by atoms with Gasteiger partial charge in [-0.15, -0.1) is 0 Å². The zero-order chi connectivity index (χ0) is 18.9. The highest BCUT2D eigenvalue weighted by Crippen LogP contribution is 2.37. The van der Waals surface area contributed by atoms with Gasteiger partial charge >= 0.3 is 6.03 Å². The molecule has 26 heavy (non-hydrogen) atoms. The minimum Gasteiger partial charge on any atom is -0.497 e. The van der Waals surface area contributed by atoms with Crippen molar-refractivity contribution in [2.75, 3.05) is 33.8 Å². The van der Waals surface area contributed by atoms with Crippen LogP contribution in [0.3, 0.4) is 0 Å². The van der Waals surface area contributed by atoms with Crippen molar-refractivity contribution in [2.45, 2.75) is 38.8 Å². The molecular formula is C20H29N3O3. The van der Waals surface area contributed by atoms with Crippen molar-refractivity contribution in [1.82, 2.24) is 14.7 Å². The van der Waals surface area contributed by atoms with Gasteiger partial charge in [-0.3, -0.25) is 9.69 Å². The monoisotopic (exact) mass is 359 g/mol. The Morgan fingerprint density at radius 1 is 1.12 bits per heavy atom. The maximum absolute atomic E-state index is 13.2. The van der Waals surface area contributed by atoms with E-state index in [0.717, 1.165) is 30.9 Å². The first kappa shape index (κ1) is 18.7. The summed E-state index contributed by atoms with van der Waals surface area (Å²) in [4.78, 5) is 31.4. The van der Waals surface area contributed by atoms with Crippen LogP contribution in [0.25, 0.3) is 0 Å². The number of ether oxygens (including phenoxy) is 1. The van der Waals surface area contributed by atoms with Gasteiger partial charge in [0.1, 0.15) is 11.3 Å². The first-order chi connectivity index (χ1) is 12.4. The SMILES string of the molecule is COc1ccc(CN2C(=O)N(C)C3(CCN(CC(C)C)CC3)C2=O)cc1. The number of nitrogens with zero attached hydrogens (tertiary/aromatic N) is 3. The number of urea groups is 1. The Hall–Kier alpha value is -2.08. The number of benzene rings is 1. The predicted octanol–water partition coefficient (Wildman–Crippen LogP) is 2.58. The number of hydrogen-bond donors (Lipinski definition) is 0. The molecule has 3 amide bonds. The zero-order valence-electron chi connectivity index (χ0n) is 16.2. The van der Waals surface area contributed by atoms with Gasteiger partial charge in [0.15, 0.2) is 0 Å². The molecule has 2 fully saturated rings. The van der Waals surface area contributed by atoms with Crippen molar-refractivity contribution in [3.63, 3.8) is 0 Å². The normalized spacial score (nSPS) is 20.5. The third-order valence-corrected chi connectivity index (χ3v) is 5.61. The fourth-order valence-corrected chi connectivity index (χ4v) is 4.07. The maximum Gasteiger partial charge on any atom is 0.327 e. The molecule has 1 spiro atoms. The van der Waals surface area contributed by atoms with Crippen LogP contribution in [0.4, 0.5) is 4.79 Å². The molecule has 6 nitrogen and oxygen atoms in total. The van der Waals surface area contributed by atoms with Gasteiger partial charge in [0, 0.05) is 26.7 Å². The number of methoxy groups -OCH3 is 1. The smallest absolute Gasteiger partial charge is 0.327 e. The van der Waals surface area contributed by atoms with Crippen LogP contribution in [-0.4, -0.2) is 66.0 Å². The number of amides is 3. The van der Waals surface area contributed by atoms with Gasteiger partial charge in [0.25, 0.3) is 5.91 Å². The molecule has 3 rings (SSSR count). The third-order valence-electron chi connectivity index (χ3n) is 5.61. The molecule has 0 unspecified atom stereocenters. The Bertz CT molecular complexity index is 663. The second-order valence-electron chi connectivity index (χ2n) is 7.81. The summed E-state index contributed by atoms with van der Waals surface area (Å²) in [6.07, 6.45) is 1.42. The van der Waals surface area contributed by atoms with E-state index in [2.05, 4.69) is 18.7 Å². The van der Waals surface area contributed by atoms with Gasteiger partial charge in [-0.25, -0.2) is 4.79 Å². The first-order valence-electron chi connectivity index (χ1n) is 9.32. The Balaban J connectivity index is 1.72. The van der Waals surface area contributed by atoms with Crippen molar-refractivity contribution >= 4 is 11.9 Å². The van der Waals surface area contributed by atoms with Crippen molar-refractivity contribution < 1.29 is 14.3 Å². The van der Waals surface area contributed by atoms with Crippen molar-refractivity contribution in [3.8, 4) is 5.75 Å². The Labute approximate surface area is 155 Å². The standard InChI is InChI=1S/C20H29N3O3/c1-15(2)13-22-11-9-20(10-12-22)18(24)23(19(25)21(20)3)14-16-5-7-17(26-4)8-6-16/h5-8,15H,9-14H2,1-4H3. The predicted molar refractivity (Wildman–Crippen MR) is 99.9 cm³/mol. The number of hydrogen-bond acceptors (Lipinski definition) is 4. The average molecular weight is 359 g/mol. The lowest BCUT2D eigenvalue weighted by molar-refractivity contribution is -0.135.